The Morgan fingerprint density at radius 1 is 0.615 bits per heavy atom. The first-order chi connectivity index (χ1) is 25.3. The fourth-order valence-electron chi connectivity index (χ4n) is 5.18. The average Bonchev–Trinajstić information content (AvgIpc) is 3.13. The van der Waals surface area contributed by atoms with Crippen LogP contribution in [0, 0.1) is 0 Å². The van der Waals surface area contributed by atoms with Crippen LogP contribution in [0.3, 0.4) is 0 Å². The molecule has 0 aromatic rings. The monoisotopic (exact) mass is 752 g/mol. The van der Waals surface area contributed by atoms with Crippen molar-refractivity contribution in [2.45, 2.75) is 168 Å². The van der Waals surface area contributed by atoms with Crippen molar-refractivity contribution in [1.82, 2.24) is 5.32 Å². The Morgan fingerprint density at radius 3 is 1.62 bits per heavy atom. The molecule has 0 aliphatic rings. The smallest absolute Gasteiger partial charge is 0.463 e. The molecule has 0 aromatic heterocycles. The Labute approximate surface area is 317 Å². The number of aliphatic hydroxyl groups is 1. The van der Waals surface area contributed by atoms with Crippen molar-refractivity contribution in [2.75, 3.05) is 26.4 Å². The normalized spacial score (nSPS) is 14.0. The molecule has 0 bridgehead atoms. The number of phosphoric acid groups is 1. The molecule has 3 N–H and O–H groups in total. The summed E-state index contributed by atoms with van der Waals surface area (Å²) >= 11 is 0. The molecular weight excluding hydrogens is 677 g/mol. The number of hydrogen-bond donors (Lipinski definition) is 3. The molecule has 1 amide bonds. The van der Waals surface area contributed by atoms with E-state index < -0.39 is 26.5 Å². The molecule has 0 radical (unpaired) electrons. The Morgan fingerprint density at radius 2 is 1.10 bits per heavy atom. The third-order valence-corrected chi connectivity index (χ3v) is 9.20. The Hall–Kier alpha value is -2.29. The molecule has 10 heteroatoms. The highest BCUT2D eigenvalue weighted by Gasteiger charge is 2.23. The van der Waals surface area contributed by atoms with Crippen LogP contribution < -0.4 is 5.32 Å². The number of carbonyl (C=O) groups is 2. The van der Waals surface area contributed by atoms with Gasteiger partial charge in [0.2, 0.25) is 5.91 Å². The van der Waals surface area contributed by atoms with Gasteiger partial charge in [-0.05, 0) is 51.4 Å². The molecule has 0 saturated carbocycles. The summed E-state index contributed by atoms with van der Waals surface area (Å²) in [4.78, 5) is 33.8. The maximum atomic E-state index is 12.1. The maximum absolute atomic E-state index is 12.1. The molecular formula is C42H74NO8P. The lowest BCUT2D eigenvalue weighted by molar-refractivity contribution is -0.147. The number of esters is 1. The van der Waals surface area contributed by atoms with E-state index in [1.54, 1.807) is 0 Å². The van der Waals surface area contributed by atoms with E-state index in [1.165, 1.54) is 70.6 Å². The summed E-state index contributed by atoms with van der Waals surface area (Å²) < 4.78 is 26.8. The van der Waals surface area contributed by atoms with Gasteiger partial charge in [-0.25, -0.2) is 4.57 Å². The predicted molar refractivity (Wildman–Crippen MR) is 215 cm³/mol. The van der Waals surface area contributed by atoms with E-state index in [-0.39, 0.29) is 32.1 Å². The van der Waals surface area contributed by atoms with Gasteiger partial charge in [-0.2, -0.15) is 0 Å². The molecule has 0 spiro atoms. The van der Waals surface area contributed by atoms with Crippen molar-refractivity contribution >= 4 is 19.7 Å². The van der Waals surface area contributed by atoms with E-state index in [4.69, 9.17) is 13.8 Å². The standard InChI is InChI=1S/C42H74NO8P/c1-3-5-7-9-11-13-15-17-19-20-21-23-25-27-29-31-33-35-42(46)49-38-40(44)39-51-52(47,48)50-37-36-43-41(45)34-32-30-28-26-24-22-18-16-14-12-10-8-6-4-2/h5,7,11,13,17,19,21,23,27,29,40,44H,3-4,6,8-10,12,14-16,18,20,22,24-26,28,30-39H2,1-2H3,(H,43,45)(H,47,48)/b7-5-,13-11-,19-17-,23-21-,29-27-. The first kappa shape index (κ1) is 49.7. The number of aliphatic hydroxyl groups excluding tert-OH is 1. The fraction of sp³-hybridized carbons (Fsp3) is 0.714. The lowest BCUT2D eigenvalue weighted by atomic mass is 10.0. The van der Waals surface area contributed by atoms with Gasteiger partial charge < -0.3 is 20.1 Å². The Balaban J connectivity index is 3.70. The SMILES string of the molecule is CC/C=C\C/C=C\C/C=C\C/C=C\C/C=C\CCCC(=O)OCC(O)COP(=O)(O)OCCNC(=O)CCCCCCCCCCCCCCCC. The number of phosphoric ester groups is 1. The average molecular weight is 752 g/mol. The highest BCUT2D eigenvalue weighted by Crippen LogP contribution is 2.42. The van der Waals surface area contributed by atoms with Crippen molar-refractivity contribution in [3.8, 4) is 0 Å². The molecule has 0 aliphatic heterocycles. The van der Waals surface area contributed by atoms with Crippen LogP contribution in [0.4, 0.5) is 0 Å². The van der Waals surface area contributed by atoms with Gasteiger partial charge in [0.25, 0.3) is 0 Å². The topological polar surface area (TPSA) is 131 Å². The zero-order chi connectivity index (χ0) is 38.2. The summed E-state index contributed by atoms with van der Waals surface area (Å²) in [6.07, 6.45) is 44.4. The van der Waals surface area contributed by atoms with Gasteiger partial charge >= 0.3 is 13.8 Å². The number of amides is 1. The van der Waals surface area contributed by atoms with Crippen molar-refractivity contribution in [3.63, 3.8) is 0 Å². The van der Waals surface area contributed by atoms with E-state index in [0.29, 0.717) is 12.8 Å². The van der Waals surface area contributed by atoms with Crippen molar-refractivity contribution < 1.29 is 37.9 Å². The van der Waals surface area contributed by atoms with E-state index in [9.17, 15) is 24.2 Å². The highest BCUT2D eigenvalue weighted by atomic mass is 31.2. The quantitative estimate of drug-likeness (QED) is 0.0247. The van der Waals surface area contributed by atoms with E-state index in [0.717, 1.165) is 57.8 Å². The van der Waals surface area contributed by atoms with E-state index in [2.05, 4.69) is 73.8 Å². The van der Waals surface area contributed by atoms with Crippen molar-refractivity contribution in [3.05, 3.63) is 60.8 Å². The molecule has 0 heterocycles. The van der Waals surface area contributed by atoms with Crippen LogP contribution in [0.5, 0.6) is 0 Å². The van der Waals surface area contributed by atoms with Gasteiger partial charge in [0.15, 0.2) is 0 Å². The van der Waals surface area contributed by atoms with E-state index >= 15 is 0 Å². The largest absolute Gasteiger partial charge is 0.472 e. The van der Waals surface area contributed by atoms with Crippen LogP contribution in [-0.4, -0.2) is 54.3 Å². The molecule has 0 aromatic carbocycles. The maximum Gasteiger partial charge on any atom is 0.472 e. The molecule has 52 heavy (non-hydrogen) atoms. The summed E-state index contributed by atoms with van der Waals surface area (Å²) in [5.41, 5.74) is 0. The molecule has 2 atom stereocenters. The third kappa shape index (κ3) is 38.9. The second-order valence-electron chi connectivity index (χ2n) is 13.2. The first-order valence-electron chi connectivity index (χ1n) is 20.3. The molecule has 9 nitrogen and oxygen atoms in total. The number of hydrogen-bond acceptors (Lipinski definition) is 7. The lowest BCUT2D eigenvalue weighted by Crippen LogP contribution is -2.27. The van der Waals surface area contributed by atoms with Crippen LogP contribution in [0.15, 0.2) is 60.8 Å². The molecule has 300 valence electrons. The minimum absolute atomic E-state index is 0.0745. The number of allylic oxidation sites excluding steroid dienone is 10. The second kappa shape index (κ2) is 38.4. The van der Waals surface area contributed by atoms with Gasteiger partial charge in [0, 0.05) is 19.4 Å². The van der Waals surface area contributed by atoms with Crippen LogP contribution in [0.25, 0.3) is 0 Å². The number of unbranched alkanes of at least 4 members (excludes halogenated alkanes) is 14. The lowest BCUT2D eigenvalue weighted by Gasteiger charge is -2.15. The number of nitrogens with one attached hydrogen (secondary N) is 1. The molecule has 0 saturated heterocycles. The van der Waals surface area contributed by atoms with Gasteiger partial charge in [-0.1, -0.05) is 158 Å². The summed E-state index contributed by atoms with van der Waals surface area (Å²) in [5, 5.41) is 12.7. The van der Waals surface area contributed by atoms with Crippen LogP contribution in [0.2, 0.25) is 0 Å². The summed E-state index contributed by atoms with van der Waals surface area (Å²) in [5.74, 6) is -0.578. The van der Waals surface area contributed by atoms with Gasteiger partial charge in [-0.15, -0.1) is 0 Å². The molecule has 0 fully saturated rings. The van der Waals surface area contributed by atoms with Crippen LogP contribution in [-0.2, 0) is 27.9 Å². The fourth-order valence-corrected chi connectivity index (χ4v) is 5.94. The second-order valence-corrected chi connectivity index (χ2v) is 14.7. The predicted octanol–water partition coefficient (Wildman–Crippen LogP) is 10.9. The molecule has 0 rings (SSSR count). The zero-order valence-electron chi connectivity index (χ0n) is 32.7. The Bertz CT molecular complexity index is 1040. The number of carbonyl (C=O) groups excluding carboxylic acids is 2. The third-order valence-electron chi connectivity index (χ3n) is 8.21. The summed E-state index contributed by atoms with van der Waals surface area (Å²) in [6.45, 7) is 3.36. The molecule has 2 unspecified atom stereocenters. The van der Waals surface area contributed by atoms with Gasteiger partial charge in [0.05, 0.1) is 13.2 Å². The summed E-state index contributed by atoms with van der Waals surface area (Å²) in [7, 11) is -4.43. The number of rotatable bonds is 37. The van der Waals surface area contributed by atoms with Crippen LogP contribution >= 0.6 is 7.82 Å². The zero-order valence-corrected chi connectivity index (χ0v) is 33.6. The first-order valence-corrected chi connectivity index (χ1v) is 21.8. The van der Waals surface area contributed by atoms with Crippen molar-refractivity contribution in [1.29, 1.82) is 0 Å². The minimum atomic E-state index is -4.43. The highest BCUT2D eigenvalue weighted by molar-refractivity contribution is 7.47. The van der Waals surface area contributed by atoms with Gasteiger partial charge in [-0.3, -0.25) is 18.6 Å². The van der Waals surface area contributed by atoms with Crippen molar-refractivity contribution in [2.24, 2.45) is 0 Å². The van der Waals surface area contributed by atoms with Crippen LogP contribution in [0.1, 0.15) is 162 Å². The number of ether oxygens (including phenoxy) is 1. The molecule has 0 aliphatic carbocycles. The Kier molecular flexibility index (Phi) is 36.7. The minimum Gasteiger partial charge on any atom is -0.463 e. The van der Waals surface area contributed by atoms with Gasteiger partial charge in [0.1, 0.15) is 12.7 Å². The summed E-state index contributed by atoms with van der Waals surface area (Å²) in [6, 6.07) is 0. The van der Waals surface area contributed by atoms with E-state index in [1.807, 2.05) is 6.08 Å².